The highest BCUT2D eigenvalue weighted by molar-refractivity contribution is 5.95. The van der Waals surface area contributed by atoms with Gasteiger partial charge in [-0.2, -0.15) is 14.0 Å². The van der Waals surface area contributed by atoms with Gasteiger partial charge in [0.25, 0.3) is 5.56 Å². The Morgan fingerprint density at radius 2 is 1.60 bits per heavy atom. The first-order valence-corrected chi connectivity index (χ1v) is 7.92. The number of halogens is 5. The van der Waals surface area contributed by atoms with Crippen LogP contribution in [-0.4, -0.2) is 31.6 Å². The molecule has 30 heavy (non-hydrogen) atoms. The third kappa shape index (κ3) is 3.05. The maximum atomic E-state index is 13.7. The Hall–Kier alpha value is -4.16. The predicted octanol–water partition coefficient (Wildman–Crippen LogP) is 2.62. The second-order valence-corrected chi connectivity index (χ2v) is 5.84. The number of benzene rings is 2. The summed E-state index contributed by atoms with van der Waals surface area (Å²) >= 11 is 0. The van der Waals surface area contributed by atoms with Gasteiger partial charge in [0.05, 0.1) is 0 Å². The number of nitrogens with one attached hydrogen (secondary N) is 2. The molecule has 152 valence electrons. The number of ether oxygens (including phenoxy) is 1. The fourth-order valence-electron chi connectivity index (χ4n) is 2.60. The molecule has 2 aromatic carbocycles. The van der Waals surface area contributed by atoms with E-state index in [1.54, 1.807) is 0 Å². The first kappa shape index (κ1) is 19.2. The number of carbonyl (C=O) groups is 1. The van der Waals surface area contributed by atoms with Gasteiger partial charge in [-0.05, 0) is 22.7 Å². The third-order valence-electron chi connectivity index (χ3n) is 4.03. The van der Waals surface area contributed by atoms with E-state index in [1.807, 2.05) is 0 Å². The van der Waals surface area contributed by atoms with Crippen LogP contribution in [0.2, 0.25) is 0 Å². The van der Waals surface area contributed by atoms with E-state index in [2.05, 4.69) is 30.3 Å². The average Bonchev–Trinajstić information content (AvgIpc) is 3.28. The van der Waals surface area contributed by atoms with Crippen molar-refractivity contribution in [3.8, 4) is 17.1 Å². The molecule has 0 radical (unpaired) electrons. The van der Waals surface area contributed by atoms with Crippen molar-refractivity contribution in [2.45, 2.75) is 0 Å². The second kappa shape index (κ2) is 7.02. The SMILES string of the molecule is O=C(Oc1c(F)c(F)c(F)c(F)c1F)c1cc2ccc(-c3nn[nH]n3)cc2[nH]c1=O. The van der Waals surface area contributed by atoms with Gasteiger partial charge in [-0.3, -0.25) is 4.79 Å². The number of hydrogen-bond acceptors (Lipinski definition) is 6. The molecule has 2 heterocycles. The molecule has 13 heteroatoms. The van der Waals surface area contributed by atoms with E-state index in [4.69, 9.17) is 0 Å². The maximum Gasteiger partial charge on any atom is 0.349 e. The van der Waals surface area contributed by atoms with Crippen LogP contribution in [0.3, 0.4) is 0 Å². The molecule has 0 spiro atoms. The van der Waals surface area contributed by atoms with Crippen LogP contribution in [0.1, 0.15) is 10.4 Å². The Balaban J connectivity index is 1.73. The Kier molecular flexibility index (Phi) is 4.49. The van der Waals surface area contributed by atoms with Crippen molar-refractivity contribution in [2.24, 2.45) is 0 Å². The molecule has 0 bridgehead atoms. The summed E-state index contributed by atoms with van der Waals surface area (Å²) in [6, 6.07) is 5.50. The highest BCUT2D eigenvalue weighted by Gasteiger charge is 2.29. The number of carbonyl (C=O) groups excluding carboxylic acids is 1. The molecule has 0 saturated heterocycles. The standard InChI is InChI=1S/C17H6F5N5O3/c18-9-10(19)12(21)14(13(22)11(9)20)30-17(29)7-3-5-1-2-6(15-24-26-27-25-15)4-8(5)23-16(7)28/h1-4H,(H,23,28)(H,24,25,26,27). The molecule has 0 aliphatic heterocycles. The van der Waals surface area contributed by atoms with Crippen molar-refractivity contribution in [1.82, 2.24) is 25.6 Å². The number of hydrogen-bond donors (Lipinski definition) is 2. The molecule has 0 amide bonds. The summed E-state index contributed by atoms with van der Waals surface area (Å²) in [5.74, 6) is -14.9. The number of aromatic amines is 2. The first-order valence-electron chi connectivity index (χ1n) is 7.92. The normalized spacial score (nSPS) is 11.1. The molecule has 4 rings (SSSR count). The summed E-state index contributed by atoms with van der Waals surface area (Å²) < 4.78 is 71.3. The van der Waals surface area contributed by atoms with Crippen LogP contribution in [0.15, 0.2) is 29.1 Å². The van der Waals surface area contributed by atoms with Crippen LogP contribution in [0, 0.1) is 29.1 Å². The molecule has 4 aromatic rings. The average molecular weight is 423 g/mol. The van der Waals surface area contributed by atoms with Crippen LogP contribution >= 0.6 is 0 Å². The van der Waals surface area contributed by atoms with E-state index in [1.165, 1.54) is 18.2 Å². The molecule has 0 aliphatic carbocycles. The zero-order chi connectivity index (χ0) is 21.6. The lowest BCUT2D eigenvalue weighted by Crippen LogP contribution is -2.22. The highest BCUT2D eigenvalue weighted by atomic mass is 19.2. The van der Waals surface area contributed by atoms with Crippen molar-refractivity contribution in [1.29, 1.82) is 0 Å². The van der Waals surface area contributed by atoms with Crippen molar-refractivity contribution in [3.63, 3.8) is 0 Å². The summed E-state index contributed by atoms with van der Waals surface area (Å²) in [5.41, 5.74) is -1.03. The number of aromatic nitrogens is 5. The molecule has 0 saturated carbocycles. The minimum absolute atomic E-state index is 0.229. The number of esters is 1. The van der Waals surface area contributed by atoms with E-state index in [9.17, 15) is 31.5 Å². The quantitative estimate of drug-likeness (QED) is 0.172. The molecule has 0 fully saturated rings. The summed E-state index contributed by atoms with van der Waals surface area (Å²) in [5, 5.41) is 13.5. The van der Waals surface area contributed by atoms with Gasteiger partial charge in [-0.25, -0.2) is 18.0 Å². The fourth-order valence-corrected chi connectivity index (χ4v) is 2.60. The van der Waals surface area contributed by atoms with Gasteiger partial charge >= 0.3 is 5.97 Å². The molecule has 2 N–H and O–H groups in total. The zero-order valence-electron chi connectivity index (χ0n) is 14.3. The van der Waals surface area contributed by atoms with E-state index in [0.29, 0.717) is 10.9 Å². The lowest BCUT2D eigenvalue weighted by atomic mass is 10.1. The van der Waals surface area contributed by atoms with Gasteiger partial charge in [0.2, 0.25) is 40.7 Å². The Morgan fingerprint density at radius 1 is 0.933 bits per heavy atom. The number of rotatable bonds is 3. The van der Waals surface area contributed by atoms with E-state index >= 15 is 0 Å². The lowest BCUT2D eigenvalue weighted by Gasteiger charge is -2.09. The molecular formula is C17H6F5N5O3. The second-order valence-electron chi connectivity index (χ2n) is 5.84. The maximum absolute atomic E-state index is 13.7. The van der Waals surface area contributed by atoms with Gasteiger partial charge < -0.3 is 9.72 Å². The van der Waals surface area contributed by atoms with Gasteiger partial charge in [-0.15, -0.1) is 10.2 Å². The van der Waals surface area contributed by atoms with Crippen LogP contribution in [0.4, 0.5) is 22.0 Å². The van der Waals surface area contributed by atoms with Crippen molar-refractivity contribution in [2.75, 3.05) is 0 Å². The third-order valence-corrected chi connectivity index (χ3v) is 4.03. The number of tetrazole rings is 1. The van der Waals surface area contributed by atoms with Crippen LogP contribution in [0.5, 0.6) is 5.75 Å². The van der Waals surface area contributed by atoms with Crippen LogP contribution in [-0.2, 0) is 0 Å². The summed E-state index contributed by atoms with van der Waals surface area (Å²) in [6.45, 7) is 0. The number of H-pyrrole nitrogens is 2. The van der Waals surface area contributed by atoms with Crippen molar-refractivity contribution >= 4 is 16.9 Å². The smallest absolute Gasteiger partial charge is 0.349 e. The summed E-state index contributed by atoms with van der Waals surface area (Å²) in [7, 11) is 0. The minimum Gasteiger partial charge on any atom is -0.416 e. The highest BCUT2D eigenvalue weighted by Crippen LogP contribution is 2.29. The number of fused-ring (bicyclic) bond motifs is 1. The predicted molar refractivity (Wildman–Crippen MR) is 88.9 cm³/mol. The first-order chi connectivity index (χ1) is 14.3. The van der Waals surface area contributed by atoms with Gasteiger partial charge in [-0.1, -0.05) is 12.1 Å². The van der Waals surface area contributed by atoms with E-state index in [0.717, 1.165) is 6.07 Å². The molecule has 0 aliphatic rings. The lowest BCUT2D eigenvalue weighted by molar-refractivity contribution is 0.0714. The van der Waals surface area contributed by atoms with E-state index < -0.39 is 51.9 Å². The topological polar surface area (TPSA) is 114 Å². The largest absolute Gasteiger partial charge is 0.416 e. The zero-order valence-corrected chi connectivity index (χ0v) is 14.3. The van der Waals surface area contributed by atoms with Crippen LogP contribution < -0.4 is 10.3 Å². The Labute approximate surface area is 161 Å². The number of pyridine rings is 1. The molecular weight excluding hydrogens is 417 g/mol. The van der Waals surface area contributed by atoms with Gasteiger partial charge in [0, 0.05) is 11.1 Å². The fraction of sp³-hybridized carbons (Fsp3) is 0. The molecule has 0 atom stereocenters. The minimum atomic E-state index is -2.41. The molecule has 8 nitrogen and oxygen atoms in total. The summed E-state index contributed by atoms with van der Waals surface area (Å²) in [6.07, 6.45) is 0. The Bertz CT molecular complexity index is 1340. The summed E-state index contributed by atoms with van der Waals surface area (Å²) in [4.78, 5) is 26.8. The Morgan fingerprint density at radius 3 is 2.23 bits per heavy atom. The molecule has 2 aromatic heterocycles. The van der Waals surface area contributed by atoms with Crippen molar-refractivity contribution < 1.29 is 31.5 Å². The van der Waals surface area contributed by atoms with Gasteiger partial charge in [0.15, 0.2) is 0 Å². The van der Waals surface area contributed by atoms with Crippen molar-refractivity contribution in [3.05, 3.63) is 69.3 Å². The monoisotopic (exact) mass is 423 g/mol. The van der Waals surface area contributed by atoms with Gasteiger partial charge in [0.1, 0.15) is 5.56 Å². The number of nitrogens with zero attached hydrogens (tertiary/aromatic N) is 3. The van der Waals surface area contributed by atoms with E-state index in [-0.39, 0.29) is 11.3 Å². The van der Waals surface area contributed by atoms with Crippen LogP contribution in [0.25, 0.3) is 22.3 Å². The molecule has 0 unspecified atom stereocenters.